The molecule has 0 aliphatic carbocycles. The van der Waals surface area contributed by atoms with E-state index in [-0.39, 0.29) is 11.8 Å². The fraction of sp³-hybridized carbons (Fsp3) is 0.294. The van der Waals surface area contributed by atoms with Gasteiger partial charge in [0.25, 0.3) is 5.91 Å². The van der Waals surface area contributed by atoms with Gasteiger partial charge < -0.3 is 10.6 Å². The van der Waals surface area contributed by atoms with Gasteiger partial charge in [-0.15, -0.1) is 0 Å². The maximum atomic E-state index is 12.3. The molecule has 25 heavy (non-hydrogen) atoms. The quantitative estimate of drug-likeness (QED) is 0.651. The van der Waals surface area contributed by atoms with Gasteiger partial charge in [0.05, 0.1) is 10.2 Å². The monoisotopic (exact) mass is 357 g/mol. The van der Waals surface area contributed by atoms with Crippen molar-refractivity contribution in [2.24, 2.45) is 5.92 Å². The van der Waals surface area contributed by atoms with Crippen LogP contribution >= 0.6 is 11.3 Å². The lowest BCUT2D eigenvalue weighted by Gasteiger charge is -2.02. The summed E-state index contributed by atoms with van der Waals surface area (Å²) in [5.41, 5.74) is 2.73. The highest BCUT2D eigenvalue weighted by molar-refractivity contribution is 7.22. The highest BCUT2D eigenvalue weighted by atomic mass is 32.1. The van der Waals surface area contributed by atoms with Gasteiger partial charge in [0.15, 0.2) is 10.8 Å². The highest BCUT2D eigenvalue weighted by Gasteiger charge is 2.13. The van der Waals surface area contributed by atoms with E-state index in [1.54, 1.807) is 12.1 Å². The number of hydrogen-bond donors (Lipinski definition) is 3. The molecule has 3 aromatic rings. The summed E-state index contributed by atoms with van der Waals surface area (Å²) in [4.78, 5) is 27.8. The molecule has 8 heteroatoms. The molecule has 0 saturated carbocycles. The van der Waals surface area contributed by atoms with Gasteiger partial charge >= 0.3 is 0 Å². The topological polar surface area (TPSA) is 99.8 Å². The second kappa shape index (κ2) is 7.02. The minimum absolute atomic E-state index is 0.164. The zero-order valence-corrected chi connectivity index (χ0v) is 15.0. The summed E-state index contributed by atoms with van der Waals surface area (Å²) in [6.07, 6.45) is 0.846. The molecule has 2 heterocycles. The number of H-pyrrole nitrogens is 1. The Morgan fingerprint density at radius 3 is 2.76 bits per heavy atom. The van der Waals surface area contributed by atoms with E-state index in [0.717, 1.165) is 22.3 Å². The van der Waals surface area contributed by atoms with Gasteiger partial charge in [0.2, 0.25) is 5.91 Å². The van der Waals surface area contributed by atoms with Crippen molar-refractivity contribution in [1.29, 1.82) is 0 Å². The van der Waals surface area contributed by atoms with Gasteiger partial charge in [-0.1, -0.05) is 25.2 Å². The zero-order valence-electron chi connectivity index (χ0n) is 14.2. The average Bonchev–Trinajstić information content (AvgIpc) is 3.11. The van der Waals surface area contributed by atoms with E-state index >= 15 is 0 Å². The van der Waals surface area contributed by atoms with Gasteiger partial charge in [-0.3, -0.25) is 14.7 Å². The van der Waals surface area contributed by atoms with E-state index in [4.69, 9.17) is 0 Å². The molecule has 7 nitrogen and oxygen atoms in total. The molecule has 0 fully saturated rings. The van der Waals surface area contributed by atoms with E-state index < -0.39 is 0 Å². The highest BCUT2D eigenvalue weighted by Crippen LogP contribution is 2.28. The molecule has 0 unspecified atom stereocenters. The standard InChI is InChI=1S/C17H19N5O2S/c1-9(2)6-12-7-14(22-21-12)16(24)19-11-4-5-13-15(8-11)25-17(20-13)18-10(3)23/h4-5,7-9H,6H2,1-3H3,(H,19,24)(H,21,22)(H,18,20,23). The molecule has 130 valence electrons. The number of thiazole rings is 1. The molecular formula is C17H19N5O2S. The molecule has 3 N–H and O–H groups in total. The number of amides is 2. The van der Waals surface area contributed by atoms with Crippen LogP contribution in [0.15, 0.2) is 24.3 Å². The number of anilines is 2. The van der Waals surface area contributed by atoms with Crippen LogP contribution in [0.25, 0.3) is 10.2 Å². The summed E-state index contributed by atoms with van der Waals surface area (Å²) in [7, 11) is 0. The number of carbonyl (C=O) groups is 2. The van der Waals surface area contributed by atoms with Crippen LogP contribution in [-0.4, -0.2) is 27.0 Å². The Bertz CT molecular complexity index is 928. The number of benzene rings is 1. The third-order valence-corrected chi connectivity index (χ3v) is 4.35. The first-order chi connectivity index (χ1) is 11.9. The molecule has 1 aromatic carbocycles. The van der Waals surface area contributed by atoms with Crippen LogP contribution in [0, 0.1) is 5.92 Å². The van der Waals surface area contributed by atoms with E-state index in [1.807, 2.05) is 12.1 Å². The van der Waals surface area contributed by atoms with Gasteiger partial charge in [-0.05, 0) is 36.6 Å². The Balaban J connectivity index is 1.74. The van der Waals surface area contributed by atoms with Gasteiger partial charge in [-0.2, -0.15) is 5.10 Å². The fourth-order valence-electron chi connectivity index (χ4n) is 2.42. The van der Waals surface area contributed by atoms with Crippen molar-refractivity contribution in [3.05, 3.63) is 35.7 Å². The van der Waals surface area contributed by atoms with E-state index in [0.29, 0.717) is 22.4 Å². The first-order valence-corrected chi connectivity index (χ1v) is 8.76. The Hall–Kier alpha value is -2.74. The Kier molecular flexibility index (Phi) is 4.80. The lowest BCUT2D eigenvalue weighted by molar-refractivity contribution is -0.114. The minimum atomic E-state index is -0.266. The minimum Gasteiger partial charge on any atom is -0.321 e. The van der Waals surface area contributed by atoms with E-state index in [2.05, 4.69) is 39.7 Å². The molecule has 2 aromatic heterocycles. The van der Waals surface area contributed by atoms with Crippen LogP contribution in [0.2, 0.25) is 0 Å². The molecule has 0 radical (unpaired) electrons. The third kappa shape index (κ3) is 4.21. The predicted octanol–water partition coefficient (Wildman–Crippen LogP) is 3.43. The number of fused-ring (bicyclic) bond motifs is 1. The Labute approximate surface area is 148 Å². The lowest BCUT2D eigenvalue weighted by atomic mass is 10.1. The molecule has 0 spiro atoms. The summed E-state index contributed by atoms with van der Waals surface area (Å²) in [5.74, 6) is 0.0587. The molecule has 0 aliphatic rings. The molecule has 3 rings (SSSR count). The van der Waals surface area contributed by atoms with Crippen molar-refractivity contribution in [3.8, 4) is 0 Å². The summed E-state index contributed by atoms with van der Waals surface area (Å²) in [6, 6.07) is 7.19. The maximum Gasteiger partial charge on any atom is 0.276 e. The van der Waals surface area contributed by atoms with E-state index in [9.17, 15) is 9.59 Å². The summed E-state index contributed by atoms with van der Waals surface area (Å²) >= 11 is 1.36. The number of carbonyl (C=O) groups excluding carboxylic acids is 2. The molecule has 0 aliphatic heterocycles. The van der Waals surface area contributed by atoms with Gasteiger partial charge in [0, 0.05) is 18.3 Å². The Morgan fingerprint density at radius 2 is 2.04 bits per heavy atom. The number of rotatable bonds is 5. The molecule has 0 bridgehead atoms. The van der Waals surface area contributed by atoms with Crippen molar-refractivity contribution in [2.45, 2.75) is 27.2 Å². The van der Waals surface area contributed by atoms with Crippen molar-refractivity contribution in [2.75, 3.05) is 10.6 Å². The summed E-state index contributed by atoms with van der Waals surface area (Å²) in [5, 5.41) is 13.0. The Morgan fingerprint density at radius 1 is 1.24 bits per heavy atom. The second-order valence-electron chi connectivity index (χ2n) is 6.21. The molecule has 0 saturated heterocycles. The van der Waals surface area contributed by atoms with Crippen LogP contribution < -0.4 is 10.6 Å². The summed E-state index contributed by atoms with van der Waals surface area (Å²) < 4.78 is 0.879. The van der Waals surface area contributed by atoms with Crippen molar-refractivity contribution < 1.29 is 9.59 Å². The number of nitrogens with one attached hydrogen (secondary N) is 3. The third-order valence-electron chi connectivity index (χ3n) is 3.42. The number of hydrogen-bond acceptors (Lipinski definition) is 5. The normalized spacial score (nSPS) is 11.0. The number of nitrogens with zero attached hydrogens (tertiary/aromatic N) is 2. The van der Waals surface area contributed by atoms with Crippen LogP contribution in [0.1, 0.15) is 37.0 Å². The van der Waals surface area contributed by atoms with Crippen molar-refractivity contribution >= 4 is 44.2 Å². The van der Waals surface area contributed by atoms with Crippen LogP contribution in [-0.2, 0) is 11.2 Å². The first kappa shape index (κ1) is 17.1. The average molecular weight is 357 g/mol. The molecular weight excluding hydrogens is 338 g/mol. The van der Waals surface area contributed by atoms with Crippen molar-refractivity contribution in [3.63, 3.8) is 0 Å². The van der Waals surface area contributed by atoms with Crippen molar-refractivity contribution in [1.82, 2.24) is 15.2 Å². The second-order valence-corrected chi connectivity index (χ2v) is 7.24. The summed E-state index contributed by atoms with van der Waals surface area (Å²) in [6.45, 7) is 5.66. The molecule has 0 atom stereocenters. The largest absolute Gasteiger partial charge is 0.321 e. The fourth-order valence-corrected chi connectivity index (χ4v) is 3.38. The first-order valence-electron chi connectivity index (χ1n) is 7.94. The van der Waals surface area contributed by atoms with Crippen LogP contribution in [0.4, 0.5) is 10.8 Å². The predicted molar refractivity (Wildman–Crippen MR) is 99.0 cm³/mol. The van der Waals surface area contributed by atoms with Gasteiger partial charge in [-0.25, -0.2) is 4.98 Å². The number of aromatic amines is 1. The molecule has 2 amide bonds. The smallest absolute Gasteiger partial charge is 0.276 e. The van der Waals surface area contributed by atoms with Crippen LogP contribution in [0.3, 0.4) is 0 Å². The SMILES string of the molecule is CC(=O)Nc1nc2ccc(NC(=O)c3cc(CC(C)C)[nH]n3)cc2s1. The lowest BCUT2D eigenvalue weighted by Crippen LogP contribution is -2.12. The zero-order chi connectivity index (χ0) is 18.0. The number of aromatic nitrogens is 3. The van der Waals surface area contributed by atoms with E-state index in [1.165, 1.54) is 18.3 Å². The maximum absolute atomic E-state index is 12.3. The van der Waals surface area contributed by atoms with Crippen LogP contribution in [0.5, 0.6) is 0 Å². The van der Waals surface area contributed by atoms with Gasteiger partial charge in [0.1, 0.15) is 0 Å².